The van der Waals surface area contributed by atoms with Crippen molar-refractivity contribution in [1.29, 1.82) is 0 Å². The second-order valence-corrected chi connectivity index (χ2v) is 4.73. The van der Waals surface area contributed by atoms with E-state index in [1.54, 1.807) is 24.3 Å². The van der Waals surface area contributed by atoms with Crippen molar-refractivity contribution in [2.24, 2.45) is 0 Å². The van der Waals surface area contributed by atoms with E-state index in [1.165, 1.54) is 25.1 Å². The minimum atomic E-state index is -0.490. The molecule has 5 heteroatoms. The second-order valence-electron chi connectivity index (χ2n) is 4.33. The third-order valence-corrected chi connectivity index (χ3v) is 3.06. The van der Waals surface area contributed by atoms with Gasteiger partial charge in [0.25, 0.3) is 0 Å². The molecule has 0 saturated carbocycles. The second kappa shape index (κ2) is 7.09. The summed E-state index contributed by atoms with van der Waals surface area (Å²) in [4.78, 5) is 11.4. The lowest BCUT2D eigenvalue weighted by atomic mass is 10.1. The number of hydrogen-bond donors (Lipinski definition) is 0. The van der Waals surface area contributed by atoms with E-state index in [0.29, 0.717) is 17.1 Å². The Morgan fingerprint density at radius 2 is 1.86 bits per heavy atom. The lowest BCUT2D eigenvalue weighted by molar-refractivity contribution is 0.101. The summed E-state index contributed by atoms with van der Waals surface area (Å²) < 4.78 is 23.9. The van der Waals surface area contributed by atoms with Crippen molar-refractivity contribution in [2.45, 2.75) is 6.92 Å². The fraction of sp³-hybridized carbons (Fsp3) is 0.188. The van der Waals surface area contributed by atoms with Crippen LogP contribution in [0.25, 0.3) is 0 Å². The van der Waals surface area contributed by atoms with Gasteiger partial charge < -0.3 is 9.47 Å². The van der Waals surface area contributed by atoms with E-state index in [-0.39, 0.29) is 24.0 Å². The molecule has 0 bridgehead atoms. The molecule has 0 unspecified atom stereocenters. The minimum Gasteiger partial charge on any atom is -0.490 e. The zero-order chi connectivity index (χ0) is 15.2. The van der Waals surface area contributed by atoms with Crippen molar-refractivity contribution < 1.29 is 18.7 Å². The van der Waals surface area contributed by atoms with Crippen molar-refractivity contribution in [3.63, 3.8) is 0 Å². The molecule has 2 rings (SSSR count). The van der Waals surface area contributed by atoms with Crippen LogP contribution in [0.1, 0.15) is 17.3 Å². The zero-order valence-electron chi connectivity index (χ0n) is 11.4. The summed E-state index contributed by atoms with van der Waals surface area (Å²) in [5.74, 6) is 0.433. The van der Waals surface area contributed by atoms with Gasteiger partial charge >= 0.3 is 0 Å². The number of ketones is 1. The number of rotatable bonds is 6. The fourth-order valence-corrected chi connectivity index (χ4v) is 1.93. The molecule has 0 aromatic heterocycles. The molecule has 0 aliphatic rings. The van der Waals surface area contributed by atoms with E-state index in [2.05, 4.69) is 0 Å². The Hall–Kier alpha value is -2.07. The zero-order valence-corrected chi connectivity index (χ0v) is 12.2. The van der Waals surface area contributed by atoms with E-state index >= 15 is 0 Å². The number of halogens is 2. The molecule has 110 valence electrons. The van der Waals surface area contributed by atoms with Gasteiger partial charge in [-0.25, -0.2) is 4.39 Å². The standard InChI is InChI=1S/C16H14ClFO3/c1-11(19)13-4-2-3-5-16(13)21-9-8-20-12-6-7-15(18)14(17)10-12/h2-7,10H,8-9H2,1H3. The maximum Gasteiger partial charge on any atom is 0.163 e. The van der Waals surface area contributed by atoms with Crippen LogP contribution in [0.3, 0.4) is 0 Å². The van der Waals surface area contributed by atoms with Crippen LogP contribution in [0.5, 0.6) is 11.5 Å². The SMILES string of the molecule is CC(=O)c1ccccc1OCCOc1ccc(F)c(Cl)c1. The summed E-state index contributed by atoms with van der Waals surface area (Å²) in [6.45, 7) is 2.01. The molecule has 0 amide bonds. The van der Waals surface area contributed by atoms with Crippen LogP contribution in [0.15, 0.2) is 42.5 Å². The quantitative estimate of drug-likeness (QED) is 0.594. The Morgan fingerprint density at radius 3 is 2.57 bits per heavy atom. The fourth-order valence-electron chi connectivity index (χ4n) is 1.76. The minimum absolute atomic E-state index is 0.00958. The summed E-state index contributed by atoms with van der Waals surface area (Å²) in [5.41, 5.74) is 0.530. The van der Waals surface area contributed by atoms with Crippen LogP contribution in [0.2, 0.25) is 5.02 Å². The molecule has 0 radical (unpaired) electrons. The number of benzene rings is 2. The molecule has 0 fully saturated rings. The number of carbonyl (C=O) groups is 1. The Labute approximate surface area is 127 Å². The number of carbonyl (C=O) groups excluding carboxylic acids is 1. The molecule has 0 aliphatic heterocycles. The molecule has 21 heavy (non-hydrogen) atoms. The Kier molecular flexibility index (Phi) is 5.17. The maximum absolute atomic E-state index is 13.0. The van der Waals surface area contributed by atoms with Crippen LogP contribution in [-0.4, -0.2) is 19.0 Å². The van der Waals surface area contributed by atoms with Crippen molar-refractivity contribution in [3.05, 3.63) is 58.9 Å². The van der Waals surface area contributed by atoms with E-state index in [4.69, 9.17) is 21.1 Å². The van der Waals surface area contributed by atoms with Crippen LogP contribution >= 0.6 is 11.6 Å². The average Bonchev–Trinajstić information content (AvgIpc) is 2.47. The van der Waals surface area contributed by atoms with Gasteiger partial charge in [-0.1, -0.05) is 23.7 Å². The maximum atomic E-state index is 13.0. The summed E-state index contributed by atoms with van der Waals surface area (Å²) in [6.07, 6.45) is 0. The predicted molar refractivity (Wildman–Crippen MR) is 78.8 cm³/mol. The first kappa shape index (κ1) is 15.3. The van der Waals surface area contributed by atoms with Gasteiger partial charge in [-0.2, -0.15) is 0 Å². The molecule has 0 N–H and O–H groups in total. The highest BCUT2D eigenvalue weighted by Gasteiger charge is 2.07. The van der Waals surface area contributed by atoms with Gasteiger partial charge in [-0.05, 0) is 31.2 Å². The molecule has 0 spiro atoms. The van der Waals surface area contributed by atoms with Gasteiger partial charge in [0, 0.05) is 6.07 Å². The molecule has 0 atom stereocenters. The van der Waals surface area contributed by atoms with Gasteiger partial charge in [0.1, 0.15) is 30.5 Å². The normalized spacial score (nSPS) is 10.2. The lowest BCUT2D eigenvalue weighted by Crippen LogP contribution is -2.10. The molecule has 0 aliphatic carbocycles. The van der Waals surface area contributed by atoms with Gasteiger partial charge in [-0.15, -0.1) is 0 Å². The summed E-state index contributed by atoms with van der Waals surface area (Å²) in [7, 11) is 0. The molecule has 0 heterocycles. The van der Waals surface area contributed by atoms with Gasteiger partial charge in [0.05, 0.1) is 10.6 Å². The molecular weight excluding hydrogens is 295 g/mol. The summed E-state index contributed by atoms with van der Waals surface area (Å²) >= 11 is 5.65. The largest absolute Gasteiger partial charge is 0.490 e. The van der Waals surface area contributed by atoms with Gasteiger partial charge in [0.2, 0.25) is 0 Å². The molecule has 2 aromatic carbocycles. The smallest absolute Gasteiger partial charge is 0.163 e. The van der Waals surface area contributed by atoms with Crippen molar-refractivity contribution in [3.8, 4) is 11.5 Å². The Morgan fingerprint density at radius 1 is 1.14 bits per heavy atom. The van der Waals surface area contributed by atoms with E-state index in [0.717, 1.165) is 0 Å². The number of Topliss-reactive ketones (excluding diaryl/α,β-unsaturated/α-hetero) is 1. The summed E-state index contributed by atoms with van der Waals surface area (Å²) in [5, 5.41) is 0.00958. The van der Waals surface area contributed by atoms with Crippen LogP contribution in [0.4, 0.5) is 4.39 Å². The Balaban J connectivity index is 1.87. The highest BCUT2D eigenvalue weighted by Crippen LogP contribution is 2.21. The van der Waals surface area contributed by atoms with Crippen LogP contribution in [-0.2, 0) is 0 Å². The number of ether oxygens (including phenoxy) is 2. The van der Waals surface area contributed by atoms with E-state index in [9.17, 15) is 9.18 Å². The number of hydrogen-bond acceptors (Lipinski definition) is 3. The van der Waals surface area contributed by atoms with E-state index < -0.39 is 5.82 Å². The van der Waals surface area contributed by atoms with Crippen molar-refractivity contribution >= 4 is 17.4 Å². The monoisotopic (exact) mass is 308 g/mol. The van der Waals surface area contributed by atoms with Crippen molar-refractivity contribution in [1.82, 2.24) is 0 Å². The molecule has 2 aromatic rings. The predicted octanol–water partition coefficient (Wildman–Crippen LogP) is 4.14. The van der Waals surface area contributed by atoms with E-state index in [1.807, 2.05) is 0 Å². The van der Waals surface area contributed by atoms with Crippen LogP contribution in [0, 0.1) is 5.82 Å². The first-order valence-electron chi connectivity index (χ1n) is 6.38. The lowest BCUT2D eigenvalue weighted by Gasteiger charge is -2.11. The summed E-state index contributed by atoms with van der Waals surface area (Å²) in [6, 6.07) is 11.1. The molecular formula is C16H14ClFO3. The topological polar surface area (TPSA) is 35.5 Å². The molecule has 0 saturated heterocycles. The first-order valence-corrected chi connectivity index (χ1v) is 6.76. The highest BCUT2D eigenvalue weighted by atomic mass is 35.5. The van der Waals surface area contributed by atoms with Crippen molar-refractivity contribution in [2.75, 3.05) is 13.2 Å². The third kappa shape index (κ3) is 4.20. The van der Waals surface area contributed by atoms with Crippen LogP contribution < -0.4 is 9.47 Å². The first-order chi connectivity index (χ1) is 10.1. The average molecular weight is 309 g/mol. The number of para-hydroxylation sites is 1. The van der Waals surface area contributed by atoms with Gasteiger partial charge in [0.15, 0.2) is 5.78 Å². The molecule has 3 nitrogen and oxygen atoms in total. The highest BCUT2D eigenvalue weighted by molar-refractivity contribution is 6.30. The van der Waals surface area contributed by atoms with Gasteiger partial charge in [-0.3, -0.25) is 4.79 Å². The Bertz CT molecular complexity index is 643. The third-order valence-electron chi connectivity index (χ3n) is 2.77.